The molecule has 0 aliphatic rings. The van der Waals surface area contributed by atoms with E-state index in [0.29, 0.717) is 5.69 Å². The third-order valence-corrected chi connectivity index (χ3v) is 2.40. The van der Waals surface area contributed by atoms with Gasteiger partial charge in [-0.05, 0) is 11.6 Å². The summed E-state index contributed by atoms with van der Waals surface area (Å²) in [5.74, 6) is 0. The van der Waals surface area contributed by atoms with E-state index in [1.807, 2.05) is 24.3 Å². The quantitative estimate of drug-likeness (QED) is 0.596. The molecule has 2 aromatic rings. The topological polar surface area (TPSA) is 56.0 Å². The predicted octanol–water partition coefficient (Wildman–Crippen LogP) is 3.30. The van der Waals surface area contributed by atoms with Crippen LogP contribution in [0.5, 0.6) is 0 Å². The number of hydrogen-bond donors (Lipinski definition) is 0. The first kappa shape index (κ1) is 11.0. The molecule has 0 fully saturated rings. The number of nitrogens with zero attached hydrogens (tertiary/aromatic N) is 2. The zero-order valence-corrected chi connectivity index (χ0v) is 9.04. The number of hydrogen-bond acceptors (Lipinski definition) is 3. The standard InChI is InChI=1S/C13H10N2O2/c1-2-10-3-5-11(6-4-10)13-8-7-12(9-14-13)15(16)17/h2-9H,1H2. The van der Waals surface area contributed by atoms with Crippen molar-refractivity contribution in [3.8, 4) is 11.3 Å². The van der Waals surface area contributed by atoms with Gasteiger partial charge in [0.15, 0.2) is 0 Å². The molecule has 84 valence electrons. The molecule has 0 spiro atoms. The maximum atomic E-state index is 10.5. The van der Waals surface area contributed by atoms with Crippen molar-refractivity contribution < 1.29 is 4.92 Å². The fourth-order valence-electron chi connectivity index (χ4n) is 1.45. The van der Waals surface area contributed by atoms with Gasteiger partial charge in [-0.3, -0.25) is 10.1 Å². The van der Waals surface area contributed by atoms with Crippen LogP contribution in [-0.4, -0.2) is 9.91 Å². The zero-order valence-electron chi connectivity index (χ0n) is 9.04. The Morgan fingerprint density at radius 2 is 1.88 bits per heavy atom. The lowest BCUT2D eigenvalue weighted by molar-refractivity contribution is -0.385. The summed E-state index contributed by atoms with van der Waals surface area (Å²) in [5.41, 5.74) is 2.66. The van der Waals surface area contributed by atoms with Crippen LogP contribution in [0.3, 0.4) is 0 Å². The molecule has 1 heterocycles. The Kier molecular flexibility index (Phi) is 2.96. The van der Waals surface area contributed by atoms with E-state index in [-0.39, 0.29) is 5.69 Å². The molecule has 0 N–H and O–H groups in total. The first-order chi connectivity index (χ1) is 8.20. The van der Waals surface area contributed by atoms with E-state index in [4.69, 9.17) is 0 Å². The second-order valence-electron chi connectivity index (χ2n) is 3.48. The summed E-state index contributed by atoms with van der Waals surface area (Å²) in [6.45, 7) is 3.67. The minimum absolute atomic E-state index is 0.00328. The van der Waals surface area contributed by atoms with E-state index in [9.17, 15) is 10.1 Å². The lowest BCUT2D eigenvalue weighted by Crippen LogP contribution is -1.90. The number of pyridine rings is 1. The average Bonchev–Trinajstić information content (AvgIpc) is 2.39. The summed E-state index contributed by atoms with van der Waals surface area (Å²) in [5, 5.41) is 10.5. The van der Waals surface area contributed by atoms with Crippen LogP contribution in [0, 0.1) is 10.1 Å². The van der Waals surface area contributed by atoms with Crippen LogP contribution in [0.4, 0.5) is 5.69 Å². The van der Waals surface area contributed by atoms with Gasteiger partial charge in [-0.15, -0.1) is 0 Å². The van der Waals surface area contributed by atoms with Gasteiger partial charge in [0.2, 0.25) is 0 Å². The maximum absolute atomic E-state index is 10.5. The Labute approximate surface area is 98.4 Å². The summed E-state index contributed by atoms with van der Waals surface area (Å²) < 4.78 is 0. The Morgan fingerprint density at radius 3 is 2.35 bits per heavy atom. The minimum atomic E-state index is -0.461. The zero-order chi connectivity index (χ0) is 12.3. The van der Waals surface area contributed by atoms with Crippen molar-refractivity contribution >= 4 is 11.8 Å². The highest BCUT2D eigenvalue weighted by Gasteiger charge is 2.06. The van der Waals surface area contributed by atoms with Crippen molar-refractivity contribution in [1.82, 2.24) is 4.98 Å². The first-order valence-corrected chi connectivity index (χ1v) is 5.04. The molecule has 0 bridgehead atoms. The van der Waals surface area contributed by atoms with Gasteiger partial charge in [0.25, 0.3) is 5.69 Å². The monoisotopic (exact) mass is 226 g/mol. The van der Waals surface area contributed by atoms with Gasteiger partial charge in [-0.25, -0.2) is 4.98 Å². The molecule has 2 rings (SSSR count). The molecule has 0 unspecified atom stereocenters. The lowest BCUT2D eigenvalue weighted by atomic mass is 10.1. The highest BCUT2D eigenvalue weighted by molar-refractivity contribution is 5.62. The summed E-state index contributed by atoms with van der Waals surface area (Å²) in [4.78, 5) is 14.1. The average molecular weight is 226 g/mol. The first-order valence-electron chi connectivity index (χ1n) is 5.04. The van der Waals surface area contributed by atoms with Gasteiger partial charge >= 0.3 is 0 Å². The van der Waals surface area contributed by atoms with E-state index in [1.54, 1.807) is 12.1 Å². The highest BCUT2D eigenvalue weighted by Crippen LogP contribution is 2.20. The van der Waals surface area contributed by atoms with Crippen LogP contribution >= 0.6 is 0 Å². The largest absolute Gasteiger partial charge is 0.287 e. The maximum Gasteiger partial charge on any atom is 0.287 e. The van der Waals surface area contributed by atoms with Crippen molar-refractivity contribution in [1.29, 1.82) is 0 Å². The molecule has 0 saturated carbocycles. The number of rotatable bonds is 3. The second-order valence-corrected chi connectivity index (χ2v) is 3.48. The number of benzene rings is 1. The smallest absolute Gasteiger partial charge is 0.258 e. The van der Waals surface area contributed by atoms with Crippen LogP contribution < -0.4 is 0 Å². The third kappa shape index (κ3) is 2.36. The Hall–Kier alpha value is -2.49. The molecule has 0 atom stereocenters. The van der Waals surface area contributed by atoms with E-state index < -0.39 is 4.92 Å². The van der Waals surface area contributed by atoms with Crippen LogP contribution in [0.15, 0.2) is 49.2 Å². The van der Waals surface area contributed by atoms with E-state index >= 15 is 0 Å². The number of aromatic nitrogens is 1. The molecule has 1 aromatic heterocycles. The molecule has 4 heteroatoms. The van der Waals surface area contributed by atoms with Gasteiger partial charge in [0.05, 0.1) is 10.6 Å². The van der Waals surface area contributed by atoms with Gasteiger partial charge in [0, 0.05) is 11.6 Å². The van der Waals surface area contributed by atoms with Crippen LogP contribution in [0.1, 0.15) is 5.56 Å². The molecule has 0 aliphatic heterocycles. The Balaban J connectivity index is 2.32. The highest BCUT2D eigenvalue weighted by atomic mass is 16.6. The Bertz CT molecular complexity index is 545. The third-order valence-electron chi connectivity index (χ3n) is 2.40. The molecule has 17 heavy (non-hydrogen) atoms. The van der Waals surface area contributed by atoms with Crippen molar-refractivity contribution in [2.24, 2.45) is 0 Å². The van der Waals surface area contributed by atoms with Gasteiger partial charge in [0.1, 0.15) is 6.20 Å². The summed E-state index contributed by atoms with van der Waals surface area (Å²) in [6.07, 6.45) is 3.02. The van der Waals surface area contributed by atoms with Crippen molar-refractivity contribution in [2.75, 3.05) is 0 Å². The molecule has 0 aliphatic carbocycles. The minimum Gasteiger partial charge on any atom is -0.258 e. The SMILES string of the molecule is C=Cc1ccc(-c2ccc([N+](=O)[O-])cn2)cc1. The van der Waals surface area contributed by atoms with Gasteiger partial charge < -0.3 is 0 Å². The van der Waals surface area contributed by atoms with Gasteiger partial charge in [-0.1, -0.05) is 36.9 Å². The number of nitro groups is 1. The molecule has 0 saturated heterocycles. The molecular formula is C13H10N2O2. The molecule has 0 radical (unpaired) electrons. The fraction of sp³-hybridized carbons (Fsp3) is 0. The van der Waals surface area contributed by atoms with Crippen LogP contribution in [0.2, 0.25) is 0 Å². The molecular weight excluding hydrogens is 216 g/mol. The Morgan fingerprint density at radius 1 is 1.18 bits per heavy atom. The molecule has 0 amide bonds. The summed E-state index contributed by atoms with van der Waals surface area (Å²) >= 11 is 0. The van der Waals surface area contributed by atoms with E-state index in [2.05, 4.69) is 11.6 Å². The molecule has 1 aromatic carbocycles. The van der Waals surface area contributed by atoms with E-state index in [1.165, 1.54) is 12.3 Å². The van der Waals surface area contributed by atoms with Crippen molar-refractivity contribution in [3.05, 3.63) is 64.9 Å². The second kappa shape index (κ2) is 4.57. The summed E-state index contributed by atoms with van der Waals surface area (Å²) in [6, 6.07) is 10.7. The van der Waals surface area contributed by atoms with Crippen molar-refractivity contribution in [3.63, 3.8) is 0 Å². The predicted molar refractivity (Wildman–Crippen MR) is 66.4 cm³/mol. The normalized spacial score (nSPS) is 9.88. The fourth-order valence-corrected chi connectivity index (χ4v) is 1.45. The molecule has 4 nitrogen and oxygen atoms in total. The lowest BCUT2D eigenvalue weighted by Gasteiger charge is -2.00. The van der Waals surface area contributed by atoms with Crippen molar-refractivity contribution in [2.45, 2.75) is 0 Å². The van der Waals surface area contributed by atoms with Gasteiger partial charge in [-0.2, -0.15) is 0 Å². The summed E-state index contributed by atoms with van der Waals surface area (Å²) in [7, 11) is 0. The van der Waals surface area contributed by atoms with Crippen LogP contribution in [0.25, 0.3) is 17.3 Å². The van der Waals surface area contributed by atoms with Crippen LogP contribution in [-0.2, 0) is 0 Å². The van der Waals surface area contributed by atoms with E-state index in [0.717, 1.165) is 11.1 Å².